The summed E-state index contributed by atoms with van der Waals surface area (Å²) in [7, 11) is 0. The molecule has 0 saturated heterocycles. The van der Waals surface area contributed by atoms with Crippen LogP contribution in [0.4, 0.5) is 18.9 Å². The van der Waals surface area contributed by atoms with Crippen LogP contribution in [0.25, 0.3) is 11.1 Å². The van der Waals surface area contributed by atoms with Crippen LogP contribution in [0.2, 0.25) is 0 Å². The molecule has 0 heterocycles. The SMILES string of the molecule is Cc1cc(N)cc(C)c1-c1ccccc1C(F)(F)F. The molecule has 0 atom stereocenters. The standard InChI is InChI=1S/C15H14F3N/c1-9-7-11(19)8-10(2)14(9)12-5-3-4-6-13(12)15(16,17)18/h3-8H,19H2,1-2H3. The third-order valence-electron chi connectivity index (χ3n) is 3.06. The smallest absolute Gasteiger partial charge is 0.399 e. The maximum atomic E-state index is 13.1. The molecule has 19 heavy (non-hydrogen) atoms. The van der Waals surface area contributed by atoms with Gasteiger partial charge in [0.2, 0.25) is 0 Å². The molecule has 2 aromatic carbocycles. The zero-order chi connectivity index (χ0) is 14.2. The van der Waals surface area contributed by atoms with Gasteiger partial charge in [0.15, 0.2) is 0 Å². The van der Waals surface area contributed by atoms with E-state index in [4.69, 9.17) is 5.73 Å². The van der Waals surface area contributed by atoms with Crippen molar-refractivity contribution in [2.75, 3.05) is 5.73 Å². The maximum Gasteiger partial charge on any atom is 0.417 e. The molecule has 0 fully saturated rings. The summed E-state index contributed by atoms with van der Waals surface area (Å²) in [6, 6.07) is 8.98. The van der Waals surface area contributed by atoms with Crippen LogP contribution in [0.15, 0.2) is 36.4 Å². The fourth-order valence-corrected chi connectivity index (χ4v) is 2.37. The second-order valence-electron chi connectivity index (χ2n) is 4.57. The summed E-state index contributed by atoms with van der Waals surface area (Å²) in [5.74, 6) is 0. The van der Waals surface area contributed by atoms with E-state index in [1.807, 2.05) is 0 Å². The van der Waals surface area contributed by atoms with Gasteiger partial charge in [-0.25, -0.2) is 0 Å². The van der Waals surface area contributed by atoms with E-state index < -0.39 is 11.7 Å². The second-order valence-corrected chi connectivity index (χ2v) is 4.57. The number of halogens is 3. The number of alkyl halides is 3. The molecule has 2 N–H and O–H groups in total. The Balaban J connectivity index is 2.74. The number of anilines is 1. The zero-order valence-electron chi connectivity index (χ0n) is 10.7. The highest BCUT2D eigenvalue weighted by Crippen LogP contribution is 2.39. The summed E-state index contributed by atoms with van der Waals surface area (Å²) < 4.78 is 39.2. The van der Waals surface area contributed by atoms with Gasteiger partial charge in [-0.15, -0.1) is 0 Å². The van der Waals surface area contributed by atoms with Crippen molar-refractivity contribution < 1.29 is 13.2 Å². The molecule has 0 aliphatic rings. The Hall–Kier alpha value is -1.97. The van der Waals surface area contributed by atoms with Gasteiger partial charge < -0.3 is 5.73 Å². The minimum atomic E-state index is -4.36. The summed E-state index contributed by atoms with van der Waals surface area (Å²) in [5, 5.41) is 0. The lowest BCUT2D eigenvalue weighted by Gasteiger charge is -2.17. The van der Waals surface area contributed by atoms with E-state index in [1.165, 1.54) is 12.1 Å². The summed E-state index contributed by atoms with van der Waals surface area (Å²) in [6.45, 7) is 3.54. The first-order valence-corrected chi connectivity index (χ1v) is 5.84. The molecule has 0 spiro atoms. The molecule has 4 heteroatoms. The van der Waals surface area contributed by atoms with Gasteiger partial charge in [-0.1, -0.05) is 18.2 Å². The van der Waals surface area contributed by atoms with Crippen LogP contribution in [0.5, 0.6) is 0 Å². The molecule has 0 radical (unpaired) electrons. The van der Waals surface area contributed by atoms with Gasteiger partial charge in [0.25, 0.3) is 0 Å². The first-order valence-electron chi connectivity index (χ1n) is 5.84. The van der Waals surface area contributed by atoms with Gasteiger partial charge in [-0.2, -0.15) is 13.2 Å². The molecule has 100 valence electrons. The summed E-state index contributed by atoms with van der Waals surface area (Å²) in [6.07, 6.45) is -4.36. The molecule has 1 nitrogen and oxygen atoms in total. The zero-order valence-corrected chi connectivity index (χ0v) is 10.7. The Morgan fingerprint density at radius 3 is 2.00 bits per heavy atom. The van der Waals surface area contributed by atoms with E-state index in [-0.39, 0.29) is 5.56 Å². The highest BCUT2D eigenvalue weighted by Gasteiger charge is 2.33. The highest BCUT2D eigenvalue weighted by molar-refractivity contribution is 5.76. The number of hydrogen-bond donors (Lipinski definition) is 1. The Bertz CT molecular complexity index is 592. The number of benzene rings is 2. The van der Waals surface area contributed by atoms with Gasteiger partial charge in [0.05, 0.1) is 5.56 Å². The molecular weight excluding hydrogens is 251 g/mol. The molecule has 2 rings (SSSR count). The quantitative estimate of drug-likeness (QED) is 0.751. The van der Waals surface area contributed by atoms with Crippen LogP contribution >= 0.6 is 0 Å². The molecule has 0 saturated carbocycles. The van der Waals surface area contributed by atoms with E-state index >= 15 is 0 Å². The molecule has 2 aromatic rings. The Labute approximate surface area is 109 Å². The van der Waals surface area contributed by atoms with Gasteiger partial charge in [0.1, 0.15) is 0 Å². The molecular formula is C15H14F3N. The lowest BCUT2D eigenvalue weighted by atomic mass is 9.91. The Morgan fingerprint density at radius 2 is 1.47 bits per heavy atom. The number of nitrogens with two attached hydrogens (primary N) is 1. The van der Waals surface area contributed by atoms with Crippen LogP contribution in [-0.4, -0.2) is 0 Å². The minimum Gasteiger partial charge on any atom is -0.399 e. The van der Waals surface area contributed by atoms with Crippen molar-refractivity contribution in [3.63, 3.8) is 0 Å². The summed E-state index contributed by atoms with van der Waals surface area (Å²) in [4.78, 5) is 0. The van der Waals surface area contributed by atoms with Crippen LogP contribution in [0.1, 0.15) is 16.7 Å². The second kappa shape index (κ2) is 4.61. The topological polar surface area (TPSA) is 26.0 Å². The van der Waals surface area contributed by atoms with Crippen molar-refractivity contribution in [2.45, 2.75) is 20.0 Å². The monoisotopic (exact) mass is 265 g/mol. The van der Waals surface area contributed by atoms with Crippen molar-refractivity contribution >= 4 is 5.69 Å². The van der Waals surface area contributed by atoms with Gasteiger partial charge >= 0.3 is 6.18 Å². The van der Waals surface area contributed by atoms with Crippen molar-refractivity contribution in [3.8, 4) is 11.1 Å². The third kappa shape index (κ3) is 2.57. The molecule has 0 unspecified atom stereocenters. The lowest BCUT2D eigenvalue weighted by molar-refractivity contribution is -0.137. The van der Waals surface area contributed by atoms with Crippen LogP contribution < -0.4 is 5.73 Å². The van der Waals surface area contributed by atoms with E-state index in [1.54, 1.807) is 32.0 Å². The highest BCUT2D eigenvalue weighted by atomic mass is 19.4. The number of nitrogen functional groups attached to an aromatic ring is 1. The fraction of sp³-hybridized carbons (Fsp3) is 0.200. The van der Waals surface area contributed by atoms with Crippen LogP contribution in [0.3, 0.4) is 0 Å². The first-order chi connectivity index (χ1) is 8.80. The number of aryl methyl sites for hydroxylation is 2. The van der Waals surface area contributed by atoms with E-state index in [9.17, 15) is 13.2 Å². The largest absolute Gasteiger partial charge is 0.417 e. The van der Waals surface area contributed by atoms with Crippen LogP contribution in [-0.2, 0) is 6.18 Å². The Kier molecular flexibility index (Phi) is 3.27. The van der Waals surface area contributed by atoms with Gasteiger partial charge in [-0.05, 0) is 54.3 Å². The molecule has 0 aliphatic carbocycles. The third-order valence-corrected chi connectivity index (χ3v) is 3.06. The van der Waals surface area contributed by atoms with E-state index in [0.29, 0.717) is 11.3 Å². The summed E-state index contributed by atoms with van der Waals surface area (Å²) >= 11 is 0. The van der Waals surface area contributed by atoms with Crippen LogP contribution in [0, 0.1) is 13.8 Å². The van der Waals surface area contributed by atoms with Gasteiger partial charge in [-0.3, -0.25) is 0 Å². The fourth-order valence-electron chi connectivity index (χ4n) is 2.37. The van der Waals surface area contributed by atoms with E-state index in [2.05, 4.69) is 0 Å². The van der Waals surface area contributed by atoms with Crippen molar-refractivity contribution in [3.05, 3.63) is 53.1 Å². The van der Waals surface area contributed by atoms with Crippen molar-refractivity contribution in [1.82, 2.24) is 0 Å². The lowest BCUT2D eigenvalue weighted by Crippen LogP contribution is -2.08. The predicted octanol–water partition coefficient (Wildman–Crippen LogP) is 4.57. The molecule has 0 aliphatic heterocycles. The maximum absolute atomic E-state index is 13.1. The normalized spacial score (nSPS) is 11.6. The molecule has 0 aromatic heterocycles. The average molecular weight is 265 g/mol. The van der Waals surface area contributed by atoms with Gasteiger partial charge in [0, 0.05) is 5.69 Å². The Morgan fingerprint density at radius 1 is 0.947 bits per heavy atom. The summed E-state index contributed by atoms with van der Waals surface area (Å²) in [5.41, 5.74) is 7.93. The van der Waals surface area contributed by atoms with Crippen molar-refractivity contribution in [2.24, 2.45) is 0 Å². The minimum absolute atomic E-state index is 0.199. The average Bonchev–Trinajstić information content (AvgIpc) is 2.26. The number of rotatable bonds is 1. The molecule has 0 amide bonds. The predicted molar refractivity (Wildman–Crippen MR) is 70.8 cm³/mol. The number of hydrogen-bond acceptors (Lipinski definition) is 1. The molecule has 0 bridgehead atoms. The van der Waals surface area contributed by atoms with E-state index in [0.717, 1.165) is 17.2 Å². The first kappa shape index (κ1) is 13.5. The van der Waals surface area contributed by atoms with Crippen molar-refractivity contribution in [1.29, 1.82) is 0 Å².